The molecule has 1 aromatic rings. The molecule has 0 radical (unpaired) electrons. The third-order valence-electron chi connectivity index (χ3n) is 4.07. The van der Waals surface area contributed by atoms with Crippen LogP contribution in [0.3, 0.4) is 0 Å². The largest absolute Gasteiger partial charge is 0.330 e. The summed E-state index contributed by atoms with van der Waals surface area (Å²) in [5, 5.41) is 0. The molecule has 112 valence electrons. The molecule has 4 nitrogen and oxygen atoms in total. The highest BCUT2D eigenvalue weighted by Gasteiger charge is 2.35. The maximum absolute atomic E-state index is 12.5. The Labute approximate surface area is 122 Å². The Morgan fingerprint density at radius 3 is 2.70 bits per heavy atom. The van der Waals surface area contributed by atoms with E-state index in [2.05, 4.69) is 13.8 Å². The van der Waals surface area contributed by atoms with Gasteiger partial charge in [-0.05, 0) is 42.5 Å². The average molecular weight is 296 g/mol. The number of sulfonamides is 1. The van der Waals surface area contributed by atoms with Gasteiger partial charge in [0.05, 0.1) is 4.90 Å². The van der Waals surface area contributed by atoms with Crippen LogP contribution >= 0.6 is 0 Å². The number of hydrogen-bond donors (Lipinski definition) is 1. The van der Waals surface area contributed by atoms with E-state index in [9.17, 15) is 8.42 Å². The molecule has 5 heteroatoms. The topological polar surface area (TPSA) is 63.4 Å². The van der Waals surface area contributed by atoms with Gasteiger partial charge in [0.1, 0.15) is 0 Å². The average Bonchev–Trinajstić information content (AvgIpc) is 2.37. The van der Waals surface area contributed by atoms with Crippen LogP contribution in [0.1, 0.15) is 25.8 Å². The summed E-state index contributed by atoms with van der Waals surface area (Å²) in [6.45, 7) is 5.99. The molecular formula is C15H24N2O2S. The Morgan fingerprint density at radius 1 is 1.40 bits per heavy atom. The van der Waals surface area contributed by atoms with Crippen molar-refractivity contribution in [3.8, 4) is 0 Å². The molecule has 1 saturated heterocycles. The maximum atomic E-state index is 12.5. The molecule has 0 saturated carbocycles. The second-order valence-electron chi connectivity index (χ2n) is 5.79. The zero-order valence-electron chi connectivity index (χ0n) is 12.2. The van der Waals surface area contributed by atoms with Gasteiger partial charge in [0.15, 0.2) is 0 Å². The third-order valence-corrected chi connectivity index (χ3v) is 5.90. The van der Waals surface area contributed by atoms with E-state index < -0.39 is 10.0 Å². The Bertz CT molecular complexity index is 551. The summed E-state index contributed by atoms with van der Waals surface area (Å²) in [5.74, 6) is 0.881. The molecule has 0 aliphatic carbocycles. The van der Waals surface area contributed by atoms with E-state index in [1.54, 1.807) is 6.07 Å². The van der Waals surface area contributed by atoms with E-state index in [1.807, 2.05) is 18.2 Å². The van der Waals surface area contributed by atoms with Crippen molar-refractivity contribution in [2.45, 2.75) is 31.6 Å². The normalized spacial score (nSPS) is 18.8. The van der Waals surface area contributed by atoms with Gasteiger partial charge >= 0.3 is 0 Å². The number of rotatable bonds is 6. The summed E-state index contributed by atoms with van der Waals surface area (Å²) < 4.78 is 26.5. The Morgan fingerprint density at radius 2 is 2.10 bits per heavy atom. The molecule has 2 rings (SSSR count). The monoisotopic (exact) mass is 296 g/mol. The molecule has 2 N–H and O–H groups in total. The molecule has 1 aromatic carbocycles. The van der Waals surface area contributed by atoms with Crippen molar-refractivity contribution in [3.05, 3.63) is 29.8 Å². The van der Waals surface area contributed by atoms with Gasteiger partial charge in [-0.2, -0.15) is 4.31 Å². The predicted octanol–water partition coefficient (Wildman–Crippen LogP) is 1.85. The molecular weight excluding hydrogens is 272 g/mol. The second-order valence-corrected chi connectivity index (χ2v) is 7.73. The maximum Gasteiger partial charge on any atom is 0.243 e. The molecule has 0 bridgehead atoms. The molecule has 0 amide bonds. The van der Waals surface area contributed by atoms with Crippen LogP contribution in [0.4, 0.5) is 0 Å². The summed E-state index contributed by atoms with van der Waals surface area (Å²) >= 11 is 0. The van der Waals surface area contributed by atoms with Crippen LogP contribution < -0.4 is 5.73 Å². The first-order valence-electron chi connectivity index (χ1n) is 7.26. The van der Waals surface area contributed by atoms with Gasteiger partial charge in [0, 0.05) is 13.1 Å². The number of benzene rings is 1. The van der Waals surface area contributed by atoms with Crippen LogP contribution in [-0.4, -0.2) is 32.4 Å². The number of nitrogens with zero attached hydrogens (tertiary/aromatic N) is 1. The highest BCUT2D eigenvalue weighted by atomic mass is 32.2. The van der Waals surface area contributed by atoms with Crippen molar-refractivity contribution < 1.29 is 8.42 Å². The fourth-order valence-corrected chi connectivity index (χ4v) is 4.06. The number of nitrogens with two attached hydrogens (primary N) is 1. The van der Waals surface area contributed by atoms with E-state index in [-0.39, 0.29) is 0 Å². The van der Waals surface area contributed by atoms with Gasteiger partial charge in [0.2, 0.25) is 10.0 Å². The van der Waals surface area contributed by atoms with Crippen molar-refractivity contribution in [3.63, 3.8) is 0 Å². The lowest BCUT2D eigenvalue weighted by atomic mass is 9.99. The Balaban J connectivity index is 2.14. The van der Waals surface area contributed by atoms with Gasteiger partial charge < -0.3 is 5.73 Å². The minimum Gasteiger partial charge on any atom is -0.330 e. The molecule has 1 heterocycles. The minimum absolute atomic E-state index is 0.313. The lowest BCUT2D eigenvalue weighted by Crippen LogP contribution is -2.52. The fraction of sp³-hybridized carbons (Fsp3) is 0.600. The number of hydrogen-bond acceptors (Lipinski definition) is 3. The van der Waals surface area contributed by atoms with Crippen molar-refractivity contribution in [1.82, 2.24) is 4.31 Å². The molecule has 1 fully saturated rings. The molecule has 1 aliphatic heterocycles. The first kappa shape index (κ1) is 15.5. The summed E-state index contributed by atoms with van der Waals surface area (Å²) in [7, 11) is -3.33. The highest BCUT2D eigenvalue weighted by molar-refractivity contribution is 7.89. The smallest absolute Gasteiger partial charge is 0.243 e. The van der Waals surface area contributed by atoms with Crippen LogP contribution in [0, 0.1) is 11.8 Å². The van der Waals surface area contributed by atoms with Gasteiger partial charge in [0.25, 0.3) is 0 Å². The van der Waals surface area contributed by atoms with E-state index in [4.69, 9.17) is 5.73 Å². The first-order chi connectivity index (χ1) is 9.47. The zero-order chi connectivity index (χ0) is 14.8. The summed E-state index contributed by atoms with van der Waals surface area (Å²) in [6.07, 6.45) is 2.02. The lowest BCUT2D eigenvalue weighted by molar-refractivity contribution is 0.207. The van der Waals surface area contributed by atoms with E-state index in [0.717, 1.165) is 18.4 Å². The van der Waals surface area contributed by atoms with Crippen LogP contribution in [0.25, 0.3) is 0 Å². The first-order valence-corrected chi connectivity index (χ1v) is 8.70. The molecule has 20 heavy (non-hydrogen) atoms. The Hall–Kier alpha value is -0.910. The minimum atomic E-state index is -3.33. The van der Waals surface area contributed by atoms with Crippen molar-refractivity contribution in [2.75, 3.05) is 19.6 Å². The summed E-state index contributed by atoms with van der Waals surface area (Å²) in [5.41, 5.74) is 6.64. The molecule has 1 aliphatic rings. The van der Waals surface area contributed by atoms with Gasteiger partial charge in [-0.3, -0.25) is 0 Å². The SMILES string of the molecule is CCC(C)Cc1cccc(S(=O)(=O)N2CC(CN)C2)c1. The van der Waals surface area contributed by atoms with Crippen molar-refractivity contribution >= 4 is 10.0 Å². The molecule has 0 spiro atoms. The zero-order valence-corrected chi connectivity index (χ0v) is 13.1. The van der Waals surface area contributed by atoms with Gasteiger partial charge in [-0.25, -0.2) is 8.42 Å². The highest BCUT2D eigenvalue weighted by Crippen LogP contribution is 2.25. The quantitative estimate of drug-likeness (QED) is 0.871. The van der Waals surface area contributed by atoms with Crippen molar-refractivity contribution in [1.29, 1.82) is 0 Å². The van der Waals surface area contributed by atoms with Crippen LogP contribution in [0.2, 0.25) is 0 Å². The van der Waals surface area contributed by atoms with Gasteiger partial charge in [-0.15, -0.1) is 0 Å². The standard InChI is InChI=1S/C15H24N2O2S/c1-3-12(2)7-13-5-4-6-15(8-13)20(18,19)17-10-14(9-16)11-17/h4-6,8,12,14H,3,7,9-11,16H2,1-2H3. The van der Waals surface area contributed by atoms with Crippen molar-refractivity contribution in [2.24, 2.45) is 17.6 Å². The molecule has 1 atom stereocenters. The van der Waals surface area contributed by atoms with E-state index >= 15 is 0 Å². The van der Waals surface area contributed by atoms with E-state index in [1.165, 1.54) is 4.31 Å². The second kappa shape index (κ2) is 6.24. The fourth-order valence-electron chi connectivity index (χ4n) is 2.40. The van der Waals surface area contributed by atoms with Gasteiger partial charge in [-0.1, -0.05) is 32.4 Å². The van der Waals surface area contributed by atoms with E-state index in [0.29, 0.717) is 36.4 Å². The summed E-state index contributed by atoms with van der Waals surface area (Å²) in [6, 6.07) is 7.34. The molecule has 1 unspecified atom stereocenters. The van der Waals surface area contributed by atoms with Crippen LogP contribution in [0.5, 0.6) is 0 Å². The lowest BCUT2D eigenvalue weighted by Gasteiger charge is -2.37. The summed E-state index contributed by atoms with van der Waals surface area (Å²) in [4.78, 5) is 0.411. The van der Waals surface area contributed by atoms with Crippen LogP contribution in [-0.2, 0) is 16.4 Å². The third kappa shape index (κ3) is 3.22. The predicted molar refractivity (Wildman–Crippen MR) is 80.9 cm³/mol. The van der Waals surface area contributed by atoms with Crippen LogP contribution in [0.15, 0.2) is 29.2 Å². The Kier molecular flexibility index (Phi) is 4.83. The molecule has 0 aromatic heterocycles.